The first-order valence-corrected chi connectivity index (χ1v) is 10.1. The third-order valence-corrected chi connectivity index (χ3v) is 6.64. The SMILES string of the molecule is C[C@@H](O)[C@H]1C(=O)N2C(C(=O)O)=C(SCc3cncn3C)[C@H](CCCCN)[C@H]12. The van der Waals surface area contributed by atoms with Crippen molar-refractivity contribution in [1.29, 1.82) is 0 Å². The third kappa shape index (κ3) is 3.51. The number of carboxylic acids is 1. The number of hydrogen-bond donors (Lipinski definition) is 3. The van der Waals surface area contributed by atoms with Crippen LogP contribution < -0.4 is 5.73 Å². The van der Waals surface area contributed by atoms with E-state index >= 15 is 0 Å². The number of carbonyl (C=O) groups is 2. The Morgan fingerprint density at radius 2 is 2.19 bits per heavy atom. The van der Waals surface area contributed by atoms with E-state index in [-0.39, 0.29) is 23.6 Å². The normalized spacial score (nSPS) is 25.6. The summed E-state index contributed by atoms with van der Waals surface area (Å²) in [7, 11) is 1.89. The Kier molecular flexibility index (Phi) is 5.92. The number of hydrogen-bond acceptors (Lipinski definition) is 6. The lowest BCUT2D eigenvalue weighted by Gasteiger charge is -2.47. The summed E-state index contributed by atoms with van der Waals surface area (Å²) in [6.45, 7) is 2.17. The Bertz CT molecular complexity index is 760. The lowest BCUT2D eigenvalue weighted by Crippen LogP contribution is -2.63. The van der Waals surface area contributed by atoms with Gasteiger partial charge in [-0.05, 0) is 26.3 Å². The van der Waals surface area contributed by atoms with E-state index in [0.29, 0.717) is 12.3 Å². The van der Waals surface area contributed by atoms with E-state index in [2.05, 4.69) is 4.98 Å². The number of aryl methyl sites for hydroxylation is 1. The second kappa shape index (κ2) is 8.04. The van der Waals surface area contributed by atoms with Crippen LogP contribution in [0.2, 0.25) is 0 Å². The summed E-state index contributed by atoms with van der Waals surface area (Å²) >= 11 is 1.45. The summed E-state index contributed by atoms with van der Waals surface area (Å²) in [5.41, 5.74) is 6.66. The van der Waals surface area contributed by atoms with Crippen LogP contribution in [0.15, 0.2) is 23.1 Å². The molecule has 9 heteroatoms. The molecule has 0 aromatic carbocycles. The number of aliphatic hydroxyl groups is 1. The minimum Gasteiger partial charge on any atom is -0.477 e. The van der Waals surface area contributed by atoms with Gasteiger partial charge in [0.1, 0.15) is 5.70 Å². The van der Waals surface area contributed by atoms with Crippen LogP contribution in [0, 0.1) is 11.8 Å². The van der Waals surface area contributed by atoms with Crippen LogP contribution in [0.1, 0.15) is 31.9 Å². The van der Waals surface area contributed by atoms with Gasteiger partial charge in [0.15, 0.2) is 0 Å². The van der Waals surface area contributed by atoms with Crippen molar-refractivity contribution in [3.63, 3.8) is 0 Å². The second-order valence-corrected chi connectivity index (χ2v) is 8.18. The van der Waals surface area contributed by atoms with Crippen molar-refractivity contribution in [3.05, 3.63) is 28.8 Å². The highest BCUT2D eigenvalue weighted by Gasteiger charge is 2.60. The fourth-order valence-corrected chi connectivity index (χ4v) is 5.41. The highest BCUT2D eigenvalue weighted by molar-refractivity contribution is 8.02. The number of aliphatic hydroxyl groups excluding tert-OH is 1. The molecule has 4 N–H and O–H groups in total. The van der Waals surface area contributed by atoms with E-state index in [4.69, 9.17) is 5.73 Å². The van der Waals surface area contributed by atoms with Gasteiger partial charge in [0, 0.05) is 35.5 Å². The molecule has 0 radical (unpaired) electrons. The van der Waals surface area contributed by atoms with Crippen LogP contribution in [0.3, 0.4) is 0 Å². The maximum Gasteiger partial charge on any atom is 0.353 e. The minimum absolute atomic E-state index is 0.0758. The van der Waals surface area contributed by atoms with Gasteiger partial charge in [0.2, 0.25) is 5.91 Å². The van der Waals surface area contributed by atoms with Crippen molar-refractivity contribution in [3.8, 4) is 0 Å². The van der Waals surface area contributed by atoms with Crippen LogP contribution in [0.5, 0.6) is 0 Å². The summed E-state index contributed by atoms with van der Waals surface area (Å²) < 4.78 is 1.89. The molecule has 27 heavy (non-hydrogen) atoms. The number of thioether (sulfide) groups is 1. The van der Waals surface area contributed by atoms with Gasteiger partial charge in [-0.2, -0.15) is 0 Å². The van der Waals surface area contributed by atoms with Gasteiger partial charge in [-0.1, -0.05) is 6.42 Å². The zero-order valence-corrected chi connectivity index (χ0v) is 16.4. The Hall–Kier alpha value is -1.84. The van der Waals surface area contributed by atoms with Gasteiger partial charge in [-0.3, -0.25) is 4.79 Å². The predicted molar refractivity (Wildman–Crippen MR) is 101 cm³/mol. The van der Waals surface area contributed by atoms with Crippen LogP contribution in [0.4, 0.5) is 0 Å². The number of unbranched alkanes of at least 4 members (excludes halogenated alkanes) is 1. The Morgan fingerprint density at radius 3 is 2.74 bits per heavy atom. The molecule has 1 amide bonds. The van der Waals surface area contributed by atoms with Crippen LogP contribution in [0.25, 0.3) is 0 Å². The number of fused-ring (bicyclic) bond motifs is 1. The average molecular weight is 394 g/mol. The van der Waals surface area contributed by atoms with Crippen molar-refractivity contribution in [2.75, 3.05) is 6.54 Å². The number of β-lactam (4-membered cyclic amide) rings is 1. The van der Waals surface area contributed by atoms with Crippen molar-refractivity contribution in [2.45, 2.75) is 44.1 Å². The Balaban J connectivity index is 1.90. The zero-order valence-electron chi connectivity index (χ0n) is 15.5. The van der Waals surface area contributed by atoms with Gasteiger partial charge in [0.05, 0.1) is 24.4 Å². The molecule has 148 valence electrons. The van der Waals surface area contributed by atoms with Gasteiger partial charge in [-0.15, -0.1) is 11.8 Å². The maximum absolute atomic E-state index is 12.5. The number of imidazole rings is 1. The standard InChI is InChI=1S/C18H26N4O4S/c1-10(23)13-14-12(5-3-4-6-19)16(15(18(25)26)22(14)17(13)24)27-8-11-7-20-9-21(11)2/h7,9-10,12-14,23H,3-6,8,19H2,1-2H3,(H,25,26)/t10-,12-,13-,14-/m1/s1. The van der Waals surface area contributed by atoms with Crippen molar-refractivity contribution >= 4 is 23.6 Å². The highest BCUT2D eigenvalue weighted by atomic mass is 32.2. The summed E-state index contributed by atoms with van der Waals surface area (Å²) in [5, 5.41) is 19.8. The summed E-state index contributed by atoms with van der Waals surface area (Å²) in [6.07, 6.45) is 5.11. The first-order chi connectivity index (χ1) is 12.9. The topological polar surface area (TPSA) is 122 Å². The molecule has 1 saturated heterocycles. The summed E-state index contributed by atoms with van der Waals surface area (Å²) in [4.78, 5) is 30.7. The molecule has 2 aliphatic heterocycles. The monoisotopic (exact) mass is 394 g/mol. The molecule has 3 heterocycles. The molecule has 0 aliphatic carbocycles. The van der Waals surface area contributed by atoms with Crippen LogP contribution in [-0.2, 0) is 22.4 Å². The summed E-state index contributed by atoms with van der Waals surface area (Å²) in [6, 6.07) is -0.282. The molecule has 8 nitrogen and oxygen atoms in total. The van der Waals surface area contributed by atoms with Crippen molar-refractivity contribution < 1.29 is 19.8 Å². The third-order valence-electron chi connectivity index (χ3n) is 5.40. The largest absolute Gasteiger partial charge is 0.477 e. The molecule has 0 bridgehead atoms. The predicted octanol–water partition coefficient (Wildman–Crippen LogP) is 0.916. The van der Waals surface area contributed by atoms with Crippen molar-refractivity contribution in [1.82, 2.24) is 14.5 Å². The number of carboxylic acid groups (broad SMARTS) is 1. The number of carbonyl (C=O) groups excluding carboxylic acids is 1. The number of rotatable bonds is 9. The number of amides is 1. The molecule has 0 spiro atoms. The zero-order chi connectivity index (χ0) is 19.7. The second-order valence-electron chi connectivity index (χ2n) is 7.16. The maximum atomic E-state index is 12.5. The molecule has 3 rings (SSSR count). The molecule has 0 unspecified atom stereocenters. The molecule has 2 aliphatic rings. The fraction of sp³-hybridized carbons (Fsp3) is 0.611. The van der Waals surface area contributed by atoms with E-state index in [1.54, 1.807) is 19.4 Å². The molecule has 1 fully saturated rings. The molecule has 4 atom stereocenters. The van der Waals surface area contributed by atoms with Crippen molar-refractivity contribution in [2.24, 2.45) is 24.6 Å². The molecule has 1 aromatic heterocycles. The van der Waals surface area contributed by atoms with E-state index in [1.807, 2.05) is 11.6 Å². The summed E-state index contributed by atoms with van der Waals surface area (Å²) in [5.74, 6) is -1.45. The molecule has 0 saturated carbocycles. The van der Waals surface area contributed by atoms with Crippen LogP contribution in [-0.4, -0.2) is 55.2 Å². The molecular weight excluding hydrogens is 368 g/mol. The molecule has 1 aromatic rings. The number of nitrogens with zero attached hydrogens (tertiary/aromatic N) is 3. The molecular formula is C18H26N4O4S. The number of nitrogens with two attached hydrogens (primary N) is 1. The van der Waals surface area contributed by atoms with E-state index in [9.17, 15) is 19.8 Å². The Labute approximate surface area is 162 Å². The van der Waals surface area contributed by atoms with E-state index in [0.717, 1.165) is 29.9 Å². The lowest BCUT2D eigenvalue weighted by atomic mass is 9.77. The van der Waals surface area contributed by atoms with E-state index in [1.165, 1.54) is 16.7 Å². The quantitative estimate of drug-likeness (QED) is 0.420. The Morgan fingerprint density at radius 1 is 1.44 bits per heavy atom. The van der Waals surface area contributed by atoms with E-state index < -0.39 is 18.0 Å². The first kappa shape index (κ1) is 19.9. The average Bonchev–Trinajstić information content (AvgIpc) is 3.12. The number of aromatic nitrogens is 2. The van der Waals surface area contributed by atoms with Crippen LogP contribution >= 0.6 is 11.8 Å². The van der Waals surface area contributed by atoms with Gasteiger partial charge >= 0.3 is 5.97 Å². The first-order valence-electron chi connectivity index (χ1n) is 9.15. The van der Waals surface area contributed by atoms with Gasteiger partial charge in [-0.25, -0.2) is 9.78 Å². The lowest BCUT2D eigenvalue weighted by molar-refractivity contribution is -0.163. The highest BCUT2D eigenvalue weighted by Crippen LogP contribution is 2.52. The van der Waals surface area contributed by atoms with Gasteiger partial charge in [0.25, 0.3) is 0 Å². The fourth-order valence-electron chi connectivity index (χ4n) is 4.03. The minimum atomic E-state index is -1.09. The van der Waals surface area contributed by atoms with Gasteiger partial charge < -0.3 is 25.4 Å². The number of aliphatic carboxylic acids is 1. The smallest absolute Gasteiger partial charge is 0.353 e.